The lowest BCUT2D eigenvalue weighted by Crippen LogP contribution is -2.22. The molecule has 0 saturated carbocycles. The average Bonchev–Trinajstić information content (AvgIpc) is 2.32. The quantitative estimate of drug-likeness (QED) is 0.859. The number of benzene rings is 1. The van der Waals surface area contributed by atoms with Crippen LogP contribution in [-0.2, 0) is 0 Å². The number of halogens is 2. The molecule has 2 rings (SSSR count). The first-order valence-electron chi connectivity index (χ1n) is 5.20. The first-order chi connectivity index (χ1) is 8.90. The number of carboxylic acid groups (broad SMARTS) is 1. The van der Waals surface area contributed by atoms with Crippen LogP contribution in [0, 0.1) is 6.92 Å². The minimum atomic E-state index is -1.34. The minimum Gasteiger partial charge on any atom is -0.476 e. The Morgan fingerprint density at radius 1 is 1.32 bits per heavy atom. The van der Waals surface area contributed by atoms with Gasteiger partial charge in [-0.15, -0.1) is 0 Å². The van der Waals surface area contributed by atoms with Crippen LogP contribution in [0.2, 0.25) is 0 Å². The molecule has 0 amide bonds. The minimum absolute atomic E-state index is 0.502. The zero-order chi connectivity index (χ0) is 14.2. The van der Waals surface area contributed by atoms with Crippen molar-refractivity contribution >= 4 is 37.8 Å². The summed E-state index contributed by atoms with van der Waals surface area (Å²) in [7, 11) is 0. The fraction of sp³-hybridized carbons (Fsp3) is 0.0833. The van der Waals surface area contributed by atoms with E-state index in [1.807, 2.05) is 6.07 Å². The Labute approximate surface area is 125 Å². The molecule has 0 radical (unpaired) electrons. The highest BCUT2D eigenvalue weighted by molar-refractivity contribution is 9.11. The highest BCUT2D eigenvalue weighted by Gasteiger charge is 2.15. The summed E-state index contributed by atoms with van der Waals surface area (Å²) in [6, 6.07) is 6.67. The molecule has 2 aromatic rings. The number of aromatic nitrogens is 2. The number of carbonyl (C=O) groups is 1. The summed E-state index contributed by atoms with van der Waals surface area (Å²) < 4.78 is 2.98. The van der Waals surface area contributed by atoms with E-state index in [1.54, 1.807) is 19.1 Å². The molecule has 0 saturated heterocycles. The predicted molar refractivity (Wildman–Crippen MR) is 76.9 cm³/mol. The maximum atomic E-state index is 11.5. The maximum absolute atomic E-state index is 11.5. The zero-order valence-electron chi connectivity index (χ0n) is 9.72. The summed E-state index contributed by atoms with van der Waals surface area (Å²) in [6.07, 6.45) is 0. The molecule has 0 fully saturated rings. The summed E-state index contributed by atoms with van der Waals surface area (Å²) in [6.45, 7) is 1.69. The van der Waals surface area contributed by atoms with Crippen molar-refractivity contribution in [2.24, 2.45) is 0 Å². The Balaban J connectivity index is 2.75. The van der Waals surface area contributed by atoms with Crippen LogP contribution in [0.1, 0.15) is 16.2 Å². The van der Waals surface area contributed by atoms with Crippen molar-refractivity contribution in [1.82, 2.24) is 9.78 Å². The lowest BCUT2D eigenvalue weighted by molar-refractivity contribution is 0.0686. The summed E-state index contributed by atoms with van der Waals surface area (Å²) in [5, 5.41) is 12.9. The Bertz CT molecular complexity index is 725. The standard InChI is InChI=1S/C12H8Br2N2O3/c1-6-4-10(17)11(12(18)19)15-16(6)9-5-7(13)2-3-8(9)14/h2-5H,1H3,(H,18,19). The number of rotatable bonds is 2. The number of aryl methyl sites for hydroxylation is 1. The lowest BCUT2D eigenvalue weighted by atomic mass is 10.3. The van der Waals surface area contributed by atoms with Gasteiger partial charge in [-0.05, 0) is 41.1 Å². The smallest absolute Gasteiger partial charge is 0.360 e. The molecule has 0 aliphatic heterocycles. The highest BCUT2D eigenvalue weighted by atomic mass is 79.9. The van der Waals surface area contributed by atoms with Crippen LogP contribution >= 0.6 is 31.9 Å². The summed E-state index contributed by atoms with van der Waals surface area (Å²) in [5.41, 5.74) is 0.0908. The van der Waals surface area contributed by atoms with E-state index in [0.717, 1.165) is 8.95 Å². The van der Waals surface area contributed by atoms with E-state index in [4.69, 9.17) is 5.11 Å². The first kappa shape index (κ1) is 14.0. The second kappa shape index (κ2) is 5.26. The summed E-state index contributed by atoms with van der Waals surface area (Å²) >= 11 is 6.71. The van der Waals surface area contributed by atoms with Crippen molar-refractivity contribution in [3.8, 4) is 5.69 Å². The van der Waals surface area contributed by atoms with Crippen molar-refractivity contribution in [3.63, 3.8) is 0 Å². The average molecular weight is 388 g/mol. The Kier molecular flexibility index (Phi) is 3.86. The van der Waals surface area contributed by atoms with Gasteiger partial charge in [-0.2, -0.15) is 5.10 Å². The van der Waals surface area contributed by atoms with E-state index in [1.165, 1.54) is 10.7 Å². The van der Waals surface area contributed by atoms with Crippen LogP contribution in [0.15, 0.2) is 38.0 Å². The number of hydrogen-bond acceptors (Lipinski definition) is 3. The molecule has 0 spiro atoms. The molecule has 19 heavy (non-hydrogen) atoms. The lowest BCUT2D eigenvalue weighted by Gasteiger charge is -2.12. The predicted octanol–water partition coefficient (Wildman–Crippen LogP) is 2.76. The Morgan fingerprint density at radius 2 is 2.00 bits per heavy atom. The summed E-state index contributed by atoms with van der Waals surface area (Å²) in [4.78, 5) is 22.5. The number of aromatic carboxylic acids is 1. The zero-order valence-corrected chi connectivity index (χ0v) is 12.9. The van der Waals surface area contributed by atoms with E-state index in [-0.39, 0.29) is 0 Å². The molecular formula is C12H8Br2N2O3. The highest BCUT2D eigenvalue weighted by Crippen LogP contribution is 2.25. The SMILES string of the molecule is Cc1cc(=O)c(C(=O)O)nn1-c1cc(Br)ccc1Br. The maximum Gasteiger partial charge on any atom is 0.360 e. The van der Waals surface area contributed by atoms with E-state index in [2.05, 4.69) is 37.0 Å². The molecule has 7 heteroatoms. The molecule has 1 N–H and O–H groups in total. The monoisotopic (exact) mass is 386 g/mol. The Morgan fingerprint density at radius 3 is 2.63 bits per heavy atom. The molecule has 1 heterocycles. The number of carboxylic acids is 1. The second-order valence-electron chi connectivity index (χ2n) is 3.81. The van der Waals surface area contributed by atoms with Crippen LogP contribution < -0.4 is 5.43 Å². The second-order valence-corrected chi connectivity index (χ2v) is 5.58. The first-order valence-corrected chi connectivity index (χ1v) is 6.78. The van der Waals surface area contributed by atoms with Gasteiger partial charge in [0.1, 0.15) is 0 Å². The third-order valence-corrected chi connectivity index (χ3v) is 3.61. The van der Waals surface area contributed by atoms with Gasteiger partial charge in [-0.1, -0.05) is 15.9 Å². The van der Waals surface area contributed by atoms with Crippen molar-refractivity contribution in [2.45, 2.75) is 6.92 Å². The van der Waals surface area contributed by atoms with Crippen molar-refractivity contribution < 1.29 is 9.90 Å². The molecular weight excluding hydrogens is 380 g/mol. The fourth-order valence-corrected chi connectivity index (χ4v) is 2.35. The fourth-order valence-electron chi connectivity index (χ4n) is 1.59. The molecule has 0 aliphatic carbocycles. The van der Waals surface area contributed by atoms with Gasteiger partial charge in [0.2, 0.25) is 11.1 Å². The molecule has 5 nitrogen and oxygen atoms in total. The van der Waals surface area contributed by atoms with Gasteiger partial charge in [0.15, 0.2) is 0 Å². The molecule has 0 atom stereocenters. The summed E-state index contributed by atoms with van der Waals surface area (Å²) in [5.74, 6) is -1.34. The van der Waals surface area contributed by atoms with Crippen LogP contribution in [0.5, 0.6) is 0 Å². The topological polar surface area (TPSA) is 72.2 Å². The van der Waals surface area contributed by atoms with E-state index >= 15 is 0 Å². The molecule has 0 bridgehead atoms. The van der Waals surface area contributed by atoms with E-state index in [9.17, 15) is 9.59 Å². The van der Waals surface area contributed by atoms with Gasteiger partial charge in [-0.3, -0.25) is 4.79 Å². The van der Waals surface area contributed by atoms with Crippen LogP contribution in [0.4, 0.5) is 0 Å². The van der Waals surface area contributed by atoms with E-state index < -0.39 is 17.1 Å². The number of nitrogens with zero attached hydrogens (tertiary/aromatic N) is 2. The number of hydrogen-bond donors (Lipinski definition) is 1. The third-order valence-electron chi connectivity index (χ3n) is 2.45. The van der Waals surface area contributed by atoms with Gasteiger partial charge in [0.25, 0.3) is 0 Å². The van der Waals surface area contributed by atoms with Crippen LogP contribution in [0.25, 0.3) is 5.69 Å². The van der Waals surface area contributed by atoms with Gasteiger partial charge in [0, 0.05) is 20.7 Å². The van der Waals surface area contributed by atoms with Crippen LogP contribution in [-0.4, -0.2) is 20.9 Å². The normalized spacial score (nSPS) is 10.5. The van der Waals surface area contributed by atoms with Crippen molar-refractivity contribution in [1.29, 1.82) is 0 Å². The largest absolute Gasteiger partial charge is 0.476 e. The molecule has 0 unspecified atom stereocenters. The third kappa shape index (κ3) is 2.76. The molecule has 98 valence electrons. The van der Waals surface area contributed by atoms with Crippen LogP contribution in [0.3, 0.4) is 0 Å². The van der Waals surface area contributed by atoms with Gasteiger partial charge >= 0.3 is 5.97 Å². The van der Waals surface area contributed by atoms with Gasteiger partial charge in [0.05, 0.1) is 5.69 Å². The molecule has 0 aliphatic rings. The Hall–Kier alpha value is -1.47. The van der Waals surface area contributed by atoms with Gasteiger partial charge in [-0.25, -0.2) is 9.48 Å². The van der Waals surface area contributed by atoms with Gasteiger partial charge < -0.3 is 5.11 Å². The molecule has 1 aromatic carbocycles. The van der Waals surface area contributed by atoms with E-state index in [0.29, 0.717) is 11.4 Å². The molecule has 1 aromatic heterocycles. The van der Waals surface area contributed by atoms with Crippen molar-refractivity contribution in [2.75, 3.05) is 0 Å². The van der Waals surface area contributed by atoms with Crippen molar-refractivity contribution in [3.05, 3.63) is 54.8 Å².